The lowest BCUT2D eigenvalue weighted by Gasteiger charge is -2.10. The summed E-state index contributed by atoms with van der Waals surface area (Å²) in [5.41, 5.74) is 0.136. The highest BCUT2D eigenvalue weighted by atomic mass is 16.4. The number of carboxylic acids is 1. The highest BCUT2D eigenvalue weighted by molar-refractivity contribution is 6.13. The van der Waals surface area contributed by atoms with Crippen LogP contribution >= 0.6 is 0 Å². The first-order valence-electron chi connectivity index (χ1n) is 4.83. The summed E-state index contributed by atoms with van der Waals surface area (Å²) in [7, 11) is 1.56. The Morgan fingerprint density at radius 3 is 2.35 bits per heavy atom. The fraction of sp³-hybridized carbons (Fsp3) is 0.182. The number of nitrogens with one attached hydrogen (secondary N) is 2. The van der Waals surface area contributed by atoms with Crippen LogP contribution in [0.2, 0.25) is 0 Å². The average Bonchev–Trinajstić information content (AvgIpc) is 2.26. The molecular weight excluding hydrogens is 224 g/mol. The van der Waals surface area contributed by atoms with Crippen LogP contribution in [0.3, 0.4) is 0 Å². The van der Waals surface area contributed by atoms with Crippen molar-refractivity contribution in [3.63, 3.8) is 0 Å². The summed E-state index contributed by atoms with van der Waals surface area (Å²) < 4.78 is 0. The zero-order valence-corrected chi connectivity index (χ0v) is 9.40. The van der Waals surface area contributed by atoms with Gasteiger partial charge in [0.1, 0.15) is 0 Å². The number of anilines is 1. The van der Waals surface area contributed by atoms with Crippen molar-refractivity contribution < 1.29 is 19.5 Å². The van der Waals surface area contributed by atoms with Crippen LogP contribution < -0.4 is 10.6 Å². The predicted molar refractivity (Wildman–Crippen MR) is 61.1 cm³/mol. The fourth-order valence-corrected chi connectivity index (χ4v) is 1.41. The normalized spacial score (nSPS) is 9.53. The van der Waals surface area contributed by atoms with Crippen LogP contribution in [0.5, 0.6) is 0 Å². The largest absolute Gasteiger partial charge is 0.478 e. The Labute approximate surface area is 97.6 Å². The fourth-order valence-electron chi connectivity index (χ4n) is 1.41. The van der Waals surface area contributed by atoms with Gasteiger partial charge in [-0.3, -0.25) is 14.9 Å². The molecule has 0 radical (unpaired) electrons. The zero-order chi connectivity index (χ0) is 13.0. The molecule has 1 aromatic carbocycles. The molecule has 0 saturated carbocycles. The molecule has 17 heavy (non-hydrogen) atoms. The van der Waals surface area contributed by atoms with Gasteiger partial charge in [-0.1, -0.05) is 6.07 Å². The number of hydrogen-bond acceptors (Lipinski definition) is 4. The van der Waals surface area contributed by atoms with Gasteiger partial charge in [0, 0.05) is 19.7 Å². The quantitative estimate of drug-likeness (QED) is 0.718. The summed E-state index contributed by atoms with van der Waals surface area (Å²) in [5, 5.41) is 13.7. The summed E-state index contributed by atoms with van der Waals surface area (Å²) in [5.74, 6) is -2.51. The van der Waals surface area contributed by atoms with Gasteiger partial charge in [-0.05, 0) is 12.1 Å². The van der Waals surface area contributed by atoms with E-state index in [0.717, 1.165) is 0 Å². The molecule has 6 nitrogen and oxygen atoms in total. The molecule has 0 fully saturated rings. The maximum atomic E-state index is 11.7. The molecule has 0 aliphatic rings. The Morgan fingerprint density at radius 1 is 1.24 bits per heavy atom. The molecule has 3 N–H and O–H groups in total. The van der Waals surface area contributed by atoms with E-state index in [2.05, 4.69) is 5.32 Å². The smallest absolute Gasteiger partial charge is 0.336 e. The zero-order valence-electron chi connectivity index (χ0n) is 9.40. The maximum Gasteiger partial charge on any atom is 0.336 e. The lowest BCUT2D eigenvalue weighted by atomic mass is 10.0. The van der Waals surface area contributed by atoms with Gasteiger partial charge in [-0.25, -0.2) is 4.79 Å². The SMILES string of the molecule is CNc1cccc(C(=O)O)c1C(=O)NC(C)=O. The van der Waals surface area contributed by atoms with Gasteiger partial charge < -0.3 is 10.4 Å². The topological polar surface area (TPSA) is 95.5 Å². The van der Waals surface area contributed by atoms with Crippen molar-refractivity contribution >= 4 is 23.5 Å². The van der Waals surface area contributed by atoms with Crippen LogP contribution in [0.4, 0.5) is 5.69 Å². The second-order valence-electron chi connectivity index (χ2n) is 3.29. The molecule has 0 unspecified atom stereocenters. The van der Waals surface area contributed by atoms with Crippen molar-refractivity contribution in [2.24, 2.45) is 0 Å². The first-order chi connectivity index (χ1) is 7.97. The lowest BCUT2D eigenvalue weighted by Crippen LogP contribution is -2.30. The highest BCUT2D eigenvalue weighted by Crippen LogP contribution is 2.19. The minimum Gasteiger partial charge on any atom is -0.478 e. The molecule has 0 saturated heterocycles. The first-order valence-corrected chi connectivity index (χ1v) is 4.83. The van der Waals surface area contributed by atoms with E-state index in [-0.39, 0.29) is 11.1 Å². The van der Waals surface area contributed by atoms with E-state index in [1.54, 1.807) is 13.1 Å². The molecule has 1 aromatic rings. The van der Waals surface area contributed by atoms with Crippen molar-refractivity contribution in [2.45, 2.75) is 6.92 Å². The van der Waals surface area contributed by atoms with E-state index in [1.165, 1.54) is 19.1 Å². The Morgan fingerprint density at radius 2 is 1.88 bits per heavy atom. The van der Waals surface area contributed by atoms with Crippen LogP contribution in [0, 0.1) is 0 Å². The van der Waals surface area contributed by atoms with E-state index in [4.69, 9.17) is 5.11 Å². The number of rotatable bonds is 3. The van der Waals surface area contributed by atoms with Crippen LogP contribution in [-0.4, -0.2) is 29.9 Å². The molecule has 0 aliphatic heterocycles. The molecule has 0 spiro atoms. The third-order valence-electron chi connectivity index (χ3n) is 2.08. The van der Waals surface area contributed by atoms with Crippen LogP contribution in [-0.2, 0) is 4.79 Å². The summed E-state index contributed by atoms with van der Waals surface area (Å²) in [6.45, 7) is 1.18. The number of carbonyl (C=O) groups excluding carboxylic acids is 2. The number of carbonyl (C=O) groups is 3. The number of aromatic carboxylic acids is 1. The number of hydrogen-bond donors (Lipinski definition) is 3. The van der Waals surface area contributed by atoms with Gasteiger partial charge in [0.15, 0.2) is 0 Å². The second-order valence-corrected chi connectivity index (χ2v) is 3.29. The minimum atomic E-state index is -1.23. The number of imide groups is 1. The molecule has 0 atom stereocenters. The molecule has 2 amide bonds. The Kier molecular flexibility index (Phi) is 3.82. The number of carboxylic acid groups (broad SMARTS) is 1. The van der Waals surface area contributed by atoms with Gasteiger partial charge in [-0.2, -0.15) is 0 Å². The lowest BCUT2D eigenvalue weighted by molar-refractivity contribution is -0.118. The monoisotopic (exact) mass is 236 g/mol. The van der Waals surface area contributed by atoms with E-state index >= 15 is 0 Å². The van der Waals surface area contributed by atoms with E-state index in [0.29, 0.717) is 5.69 Å². The van der Waals surface area contributed by atoms with Gasteiger partial charge in [0.25, 0.3) is 5.91 Å². The highest BCUT2D eigenvalue weighted by Gasteiger charge is 2.20. The maximum absolute atomic E-state index is 11.7. The number of benzene rings is 1. The van der Waals surface area contributed by atoms with Gasteiger partial charge >= 0.3 is 5.97 Å². The van der Waals surface area contributed by atoms with E-state index in [1.807, 2.05) is 5.32 Å². The third kappa shape index (κ3) is 2.81. The first kappa shape index (κ1) is 12.7. The molecule has 0 aromatic heterocycles. The molecule has 0 heterocycles. The van der Waals surface area contributed by atoms with Crippen molar-refractivity contribution in [1.82, 2.24) is 5.32 Å². The third-order valence-corrected chi connectivity index (χ3v) is 2.08. The Hall–Kier alpha value is -2.37. The van der Waals surface area contributed by atoms with E-state index < -0.39 is 17.8 Å². The number of amides is 2. The predicted octanol–water partition coefficient (Wildman–Crippen LogP) is 0.703. The van der Waals surface area contributed by atoms with Crippen LogP contribution in [0.15, 0.2) is 18.2 Å². The van der Waals surface area contributed by atoms with Gasteiger partial charge in [-0.15, -0.1) is 0 Å². The van der Waals surface area contributed by atoms with Crippen molar-refractivity contribution in [1.29, 1.82) is 0 Å². The van der Waals surface area contributed by atoms with Crippen molar-refractivity contribution in [2.75, 3.05) is 12.4 Å². The van der Waals surface area contributed by atoms with Crippen LogP contribution in [0.1, 0.15) is 27.6 Å². The standard InChI is InChI=1S/C11H12N2O4/c1-6(14)13-10(15)9-7(11(16)17)4-3-5-8(9)12-2/h3-5,12H,1-2H3,(H,16,17)(H,13,14,15). The molecule has 0 aliphatic carbocycles. The summed E-state index contributed by atoms with van der Waals surface area (Å²) >= 11 is 0. The van der Waals surface area contributed by atoms with E-state index in [9.17, 15) is 14.4 Å². The van der Waals surface area contributed by atoms with Crippen molar-refractivity contribution in [3.05, 3.63) is 29.3 Å². The summed E-state index contributed by atoms with van der Waals surface area (Å²) in [4.78, 5) is 33.5. The molecule has 6 heteroatoms. The minimum absolute atomic E-state index is 0.0577. The van der Waals surface area contributed by atoms with Gasteiger partial charge in [0.05, 0.1) is 11.1 Å². The molecule has 1 rings (SSSR count). The van der Waals surface area contributed by atoms with Crippen LogP contribution in [0.25, 0.3) is 0 Å². The van der Waals surface area contributed by atoms with Crippen molar-refractivity contribution in [3.8, 4) is 0 Å². The van der Waals surface area contributed by atoms with Gasteiger partial charge in [0.2, 0.25) is 5.91 Å². The summed E-state index contributed by atoms with van der Waals surface area (Å²) in [6.07, 6.45) is 0. The Bertz CT molecular complexity index is 482. The summed E-state index contributed by atoms with van der Waals surface area (Å²) in [6, 6.07) is 4.37. The average molecular weight is 236 g/mol. The second kappa shape index (κ2) is 5.11. The molecular formula is C11H12N2O4. The molecule has 90 valence electrons. The molecule has 0 bridgehead atoms. The Balaban J connectivity index is 3.31.